The summed E-state index contributed by atoms with van der Waals surface area (Å²) < 4.78 is 20.9. The van der Waals surface area contributed by atoms with E-state index in [0.29, 0.717) is 6.29 Å². The van der Waals surface area contributed by atoms with Crippen molar-refractivity contribution >= 4 is 6.29 Å². The third kappa shape index (κ3) is 3.67. The fourth-order valence-electron chi connectivity index (χ4n) is 0.156. The molecule has 3 atom stereocenters. The number of hydrogen-bond acceptors (Lipinski definition) is 1. The van der Waals surface area contributed by atoms with Crippen LogP contribution in [-0.4, -0.2) is 6.29 Å². The molecule has 0 bridgehead atoms. The van der Waals surface area contributed by atoms with Gasteiger partial charge in [0.2, 0.25) is 0 Å². The molecule has 0 heterocycles. The second-order valence-corrected chi connectivity index (χ2v) is 0.854. The first kappa shape index (κ1) is 2.10. The minimum Gasteiger partial charge on any atom is -0.303 e. The summed E-state index contributed by atoms with van der Waals surface area (Å²) in [6.07, 6.45) is -2.22. The Kier molecular flexibility index (Phi) is 1.64. The Morgan fingerprint density at radius 2 is 2.67 bits per heavy atom. The Hall–Kier alpha value is -0.330. The van der Waals surface area contributed by atoms with Crippen LogP contribution in [0.25, 0.3) is 0 Å². The second kappa shape index (κ2) is 4.67. The van der Waals surface area contributed by atoms with Gasteiger partial charge in [0, 0.05) is 10.5 Å². The van der Waals surface area contributed by atoms with Crippen molar-refractivity contribution in [3.8, 4) is 0 Å². The van der Waals surface area contributed by atoms with Gasteiger partial charge in [0.15, 0.2) is 0 Å². The van der Waals surface area contributed by atoms with Gasteiger partial charge in [-0.05, 0) is 6.40 Å². The Bertz CT molecular complexity index is 94.2. The molecule has 1 heteroatoms. The lowest BCUT2D eigenvalue weighted by atomic mass is 10.3. The molecule has 0 aliphatic carbocycles. The highest BCUT2D eigenvalue weighted by molar-refractivity contribution is 5.48. The summed E-state index contributed by atoms with van der Waals surface area (Å²) in [7, 11) is 0. The Balaban J connectivity index is 3.71. The number of aldehydes is 1. The molecule has 0 aliphatic rings. The van der Waals surface area contributed by atoms with Crippen LogP contribution in [-0.2, 0) is 4.79 Å². The molecule has 0 fully saturated rings. The third-order valence-corrected chi connectivity index (χ3v) is 0.382. The zero-order valence-electron chi connectivity index (χ0n) is 6.72. The smallest absolute Gasteiger partial charge is 0.119 e. The van der Waals surface area contributed by atoms with Gasteiger partial charge in [-0.1, -0.05) is 13.3 Å². The van der Waals surface area contributed by atoms with Gasteiger partial charge in [-0.25, -0.2) is 0 Å². The molecule has 0 aromatic carbocycles. The van der Waals surface area contributed by atoms with Crippen LogP contribution in [0.1, 0.15) is 30.2 Å². The van der Waals surface area contributed by atoms with E-state index < -0.39 is 19.2 Å². The van der Waals surface area contributed by atoms with Crippen LogP contribution in [0.15, 0.2) is 0 Å². The molecule has 0 N–H and O–H groups in total. The largest absolute Gasteiger partial charge is 0.303 e. The second-order valence-electron chi connectivity index (χ2n) is 0.854. The normalized spacial score (nSPS) is 31.2. The topological polar surface area (TPSA) is 17.1 Å². The monoisotopic (exact) mass is 89.1 g/mol. The molecule has 36 valence electrons. The van der Waals surface area contributed by atoms with Crippen molar-refractivity contribution in [2.75, 3.05) is 0 Å². The Morgan fingerprint density at radius 1 is 2.00 bits per heavy atom. The summed E-state index contributed by atoms with van der Waals surface area (Å²) in [5, 5.41) is 0. The van der Waals surface area contributed by atoms with E-state index in [4.69, 9.17) is 4.11 Å². The number of rotatable bonds is 3. The highest BCUT2D eigenvalue weighted by Gasteiger charge is 1.74. The Morgan fingerprint density at radius 3 is 2.83 bits per heavy atom. The molecule has 0 rings (SSSR count). The molecule has 0 aromatic heterocycles. The predicted octanol–water partition coefficient (Wildman–Crippen LogP) is 1.38. The maximum absolute atomic E-state index is 9.86. The lowest BCUT2D eigenvalue weighted by Gasteiger charge is -1.79. The van der Waals surface area contributed by atoms with Gasteiger partial charge in [0.1, 0.15) is 6.29 Å². The fraction of sp³-hybridized carbons (Fsp3) is 0.800. The molecule has 0 saturated carbocycles. The van der Waals surface area contributed by atoms with E-state index in [1.807, 2.05) is 0 Å². The summed E-state index contributed by atoms with van der Waals surface area (Å²) in [6.45, 7) is 1.50. The van der Waals surface area contributed by atoms with E-state index >= 15 is 0 Å². The van der Waals surface area contributed by atoms with E-state index in [1.165, 1.54) is 6.92 Å². The van der Waals surface area contributed by atoms with Crippen molar-refractivity contribution in [2.45, 2.75) is 26.1 Å². The average molecular weight is 89.2 g/mol. The minimum absolute atomic E-state index is 0.392. The molecule has 0 radical (unpaired) electrons. The van der Waals surface area contributed by atoms with Gasteiger partial charge in [0.05, 0.1) is 0 Å². The van der Waals surface area contributed by atoms with Gasteiger partial charge < -0.3 is 4.79 Å². The molecule has 1 nitrogen and oxygen atoms in total. The van der Waals surface area contributed by atoms with Crippen LogP contribution < -0.4 is 0 Å². The van der Waals surface area contributed by atoms with Crippen LogP contribution >= 0.6 is 0 Å². The van der Waals surface area contributed by atoms with Crippen molar-refractivity contribution in [1.29, 1.82) is 0 Å². The van der Waals surface area contributed by atoms with Crippen LogP contribution in [0, 0.1) is 0 Å². The van der Waals surface area contributed by atoms with Gasteiger partial charge in [0.25, 0.3) is 0 Å². The molecule has 0 aliphatic heterocycles. The summed E-state index contributed by atoms with van der Waals surface area (Å²) >= 11 is 0. The summed E-state index contributed by atoms with van der Waals surface area (Å²) in [5.41, 5.74) is 0. The standard InChI is InChI=1S/C5H10O/c1-2-3-4-5-6/h5H,2-4H2,1H3/i2D,3D,4D. The van der Waals surface area contributed by atoms with Gasteiger partial charge in [-0.3, -0.25) is 0 Å². The predicted molar refractivity (Wildman–Crippen MR) is 25.6 cm³/mol. The first-order valence-electron chi connectivity index (χ1n) is 3.55. The lowest BCUT2D eigenvalue weighted by Crippen LogP contribution is -1.70. The van der Waals surface area contributed by atoms with E-state index in [9.17, 15) is 4.79 Å². The van der Waals surface area contributed by atoms with Crippen molar-refractivity contribution in [1.82, 2.24) is 0 Å². The van der Waals surface area contributed by atoms with Crippen LogP contribution in [0.3, 0.4) is 0 Å². The molecular weight excluding hydrogens is 76.1 g/mol. The maximum Gasteiger partial charge on any atom is 0.119 e. The van der Waals surface area contributed by atoms with Crippen molar-refractivity contribution in [3.63, 3.8) is 0 Å². The zero-order valence-corrected chi connectivity index (χ0v) is 3.72. The molecule has 3 unspecified atom stereocenters. The third-order valence-electron chi connectivity index (χ3n) is 0.382. The highest BCUT2D eigenvalue weighted by Crippen LogP contribution is 1.87. The van der Waals surface area contributed by atoms with Crippen molar-refractivity contribution < 1.29 is 8.91 Å². The molecule has 0 amide bonds. The minimum atomic E-state index is -1.06. The maximum atomic E-state index is 9.86. The first-order chi connectivity index (χ1) is 4.09. The average Bonchev–Trinajstić information content (AvgIpc) is 1.84. The highest BCUT2D eigenvalue weighted by atomic mass is 16.1. The molecule has 0 spiro atoms. The van der Waals surface area contributed by atoms with E-state index in [0.717, 1.165) is 0 Å². The van der Waals surface area contributed by atoms with Crippen molar-refractivity contribution in [3.05, 3.63) is 0 Å². The number of hydrogen-bond donors (Lipinski definition) is 0. The molecular formula is C5H10O. The summed E-state index contributed by atoms with van der Waals surface area (Å²) in [6, 6.07) is 0. The van der Waals surface area contributed by atoms with Crippen molar-refractivity contribution in [2.24, 2.45) is 0 Å². The Labute approximate surface area is 42.6 Å². The number of carbonyl (C=O) groups is 1. The van der Waals surface area contributed by atoms with Crippen LogP contribution in [0.2, 0.25) is 0 Å². The van der Waals surface area contributed by atoms with Gasteiger partial charge >= 0.3 is 0 Å². The zero-order chi connectivity index (χ0) is 7.44. The van der Waals surface area contributed by atoms with Gasteiger partial charge in [-0.2, -0.15) is 0 Å². The molecule has 6 heavy (non-hydrogen) atoms. The first-order valence-corrected chi connectivity index (χ1v) is 1.81. The quantitative estimate of drug-likeness (QED) is 0.477. The van der Waals surface area contributed by atoms with Crippen LogP contribution in [0.4, 0.5) is 0 Å². The van der Waals surface area contributed by atoms with E-state index in [2.05, 4.69) is 0 Å². The van der Waals surface area contributed by atoms with E-state index in [1.54, 1.807) is 0 Å². The molecule has 0 saturated heterocycles. The number of carbonyl (C=O) groups excluding carboxylic acids is 1. The summed E-state index contributed by atoms with van der Waals surface area (Å²) in [5.74, 6) is 0. The lowest BCUT2D eigenvalue weighted by molar-refractivity contribution is -0.107. The van der Waals surface area contributed by atoms with Gasteiger partial charge in [-0.15, -0.1) is 0 Å². The summed E-state index contributed by atoms with van der Waals surface area (Å²) in [4.78, 5) is 9.86. The fourth-order valence-corrected chi connectivity index (χ4v) is 0.156. The van der Waals surface area contributed by atoms with E-state index in [-0.39, 0.29) is 0 Å². The van der Waals surface area contributed by atoms with Crippen LogP contribution in [0.5, 0.6) is 0 Å². The SMILES string of the molecule is [2H]C(C)C([2H])C([2H])C=O. The molecule has 0 aromatic rings.